The van der Waals surface area contributed by atoms with Crippen molar-refractivity contribution >= 4 is 67.7 Å². The van der Waals surface area contributed by atoms with Crippen LogP contribution >= 0.6 is 34.5 Å². The molecule has 1 amide bonds. The van der Waals surface area contributed by atoms with Gasteiger partial charge < -0.3 is 5.11 Å². The maximum absolute atomic E-state index is 13.3. The fourth-order valence-electron chi connectivity index (χ4n) is 3.86. The van der Waals surface area contributed by atoms with Crippen molar-refractivity contribution in [3.63, 3.8) is 0 Å². The molecule has 1 aliphatic rings. The summed E-state index contributed by atoms with van der Waals surface area (Å²) in [6, 6.07) is 20.5. The third kappa shape index (κ3) is 4.12. The molecule has 34 heavy (non-hydrogen) atoms. The second kappa shape index (κ2) is 9.06. The number of halogens is 2. The Hall–Kier alpha value is -3.45. The average molecular weight is 507 g/mol. The van der Waals surface area contributed by atoms with Crippen molar-refractivity contribution in [1.29, 1.82) is 0 Å². The number of allylic oxidation sites excluding steroid dienone is 1. The Bertz CT molecular complexity index is 1490. The Kier molecular flexibility index (Phi) is 5.96. The van der Waals surface area contributed by atoms with Crippen LogP contribution in [0, 0.1) is 0 Å². The van der Waals surface area contributed by atoms with E-state index in [1.165, 1.54) is 22.3 Å². The van der Waals surface area contributed by atoms with Crippen LogP contribution in [0.15, 0.2) is 90.2 Å². The van der Waals surface area contributed by atoms with E-state index in [0.717, 1.165) is 10.3 Å². The molecule has 0 saturated heterocycles. The molecule has 0 spiro atoms. The molecule has 168 valence electrons. The van der Waals surface area contributed by atoms with Gasteiger partial charge in [-0.15, -0.1) is 0 Å². The van der Waals surface area contributed by atoms with Crippen LogP contribution in [0.25, 0.3) is 16.3 Å². The lowest BCUT2D eigenvalue weighted by molar-refractivity contribution is -0.117. The molecule has 0 fully saturated rings. The second-order valence-electron chi connectivity index (χ2n) is 7.61. The predicted molar refractivity (Wildman–Crippen MR) is 136 cm³/mol. The number of thiazole rings is 1. The summed E-state index contributed by atoms with van der Waals surface area (Å²) in [4.78, 5) is 32.5. The van der Waals surface area contributed by atoms with Crippen molar-refractivity contribution in [3.05, 3.63) is 111 Å². The van der Waals surface area contributed by atoms with Crippen LogP contribution in [-0.2, 0) is 9.59 Å². The molecule has 0 saturated carbocycles. The van der Waals surface area contributed by atoms with Gasteiger partial charge in [0.15, 0.2) is 16.7 Å². The van der Waals surface area contributed by atoms with Gasteiger partial charge in [-0.2, -0.15) is 0 Å². The first-order valence-corrected chi connectivity index (χ1v) is 11.9. The van der Waals surface area contributed by atoms with Gasteiger partial charge in [-0.3, -0.25) is 14.5 Å². The molecule has 5 rings (SSSR count). The number of carbonyl (C=O) groups is 2. The van der Waals surface area contributed by atoms with Crippen molar-refractivity contribution in [1.82, 2.24) is 4.98 Å². The summed E-state index contributed by atoms with van der Waals surface area (Å²) in [6.45, 7) is 0. The maximum Gasteiger partial charge on any atom is 0.296 e. The zero-order valence-electron chi connectivity index (χ0n) is 17.5. The first-order valence-electron chi connectivity index (χ1n) is 10.3. The molecule has 1 atom stereocenters. The molecule has 0 radical (unpaired) electrons. The van der Waals surface area contributed by atoms with Crippen LogP contribution in [0.1, 0.15) is 17.2 Å². The van der Waals surface area contributed by atoms with Crippen molar-refractivity contribution in [2.75, 3.05) is 4.90 Å². The fourth-order valence-corrected chi connectivity index (χ4v) is 5.33. The third-order valence-corrected chi connectivity index (χ3v) is 6.90. The van der Waals surface area contributed by atoms with Gasteiger partial charge in [0.1, 0.15) is 0 Å². The highest BCUT2D eigenvalue weighted by Gasteiger charge is 2.45. The number of hydrogen-bond acceptors (Lipinski definition) is 5. The monoisotopic (exact) mass is 506 g/mol. The van der Waals surface area contributed by atoms with E-state index >= 15 is 0 Å². The van der Waals surface area contributed by atoms with E-state index in [1.807, 2.05) is 30.3 Å². The predicted octanol–water partition coefficient (Wildman–Crippen LogP) is 6.79. The summed E-state index contributed by atoms with van der Waals surface area (Å²) >= 11 is 13.6. The van der Waals surface area contributed by atoms with Gasteiger partial charge in [-0.05, 0) is 47.5 Å². The Labute approximate surface area is 209 Å². The Morgan fingerprint density at radius 2 is 1.76 bits per heavy atom. The molecule has 3 aromatic carbocycles. The summed E-state index contributed by atoms with van der Waals surface area (Å²) in [5, 5.41) is 12.2. The minimum absolute atomic E-state index is 0.0308. The van der Waals surface area contributed by atoms with Gasteiger partial charge in [-0.1, -0.05) is 83.1 Å². The smallest absolute Gasteiger partial charge is 0.296 e. The minimum Gasteiger partial charge on any atom is -0.503 e. The van der Waals surface area contributed by atoms with Crippen LogP contribution in [-0.4, -0.2) is 21.8 Å². The van der Waals surface area contributed by atoms with Crippen molar-refractivity contribution in [2.24, 2.45) is 0 Å². The number of aromatic nitrogens is 1. The lowest BCUT2D eigenvalue weighted by atomic mass is 9.96. The van der Waals surface area contributed by atoms with E-state index in [0.29, 0.717) is 26.3 Å². The molecule has 5 nitrogen and oxygen atoms in total. The number of fused-ring (bicyclic) bond motifs is 1. The van der Waals surface area contributed by atoms with Gasteiger partial charge in [0.25, 0.3) is 5.91 Å². The standard InChI is InChI=1S/C26H16Cl2N2O3S/c27-17-8-4-7-16(13-17)23-22(20(31)12-9-15-5-2-1-3-6-15)24(32)25(33)30(23)26-29-19-11-10-18(28)14-21(19)34-26/h1-14,23,32H/b12-9+. The molecule has 0 bridgehead atoms. The summed E-state index contributed by atoms with van der Waals surface area (Å²) in [7, 11) is 0. The fraction of sp³-hybridized carbons (Fsp3) is 0.0385. The lowest BCUT2D eigenvalue weighted by Gasteiger charge is -2.24. The lowest BCUT2D eigenvalue weighted by Crippen LogP contribution is -2.30. The molecule has 2 heterocycles. The highest BCUT2D eigenvalue weighted by atomic mass is 35.5. The zero-order chi connectivity index (χ0) is 23.8. The maximum atomic E-state index is 13.3. The second-order valence-corrected chi connectivity index (χ2v) is 9.49. The summed E-state index contributed by atoms with van der Waals surface area (Å²) < 4.78 is 0.781. The zero-order valence-corrected chi connectivity index (χ0v) is 19.8. The number of amides is 1. The van der Waals surface area contributed by atoms with Crippen LogP contribution < -0.4 is 4.90 Å². The van der Waals surface area contributed by atoms with Gasteiger partial charge in [0.2, 0.25) is 0 Å². The first-order chi connectivity index (χ1) is 16.4. The molecular weight excluding hydrogens is 491 g/mol. The van der Waals surface area contributed by atoms with Gasteiger partial charge in [0.05, 0.1) is 21.8 Å². The number of benzene rings is 3. The van der Waals surface area contributed by atoms with Crippen molar-refractivity contribution < 1.29 is 14.7 Å². The highest BCUT2D eigenvalue weighted by molar-refractivity contribution is 7.22. The van der Waals surface area contributed by atoms with Crippen molar-refractivity contribution in [2.45, 2.75) is 6.04 Å². The number of nitrogens with zero attached hydrogens (tertiary/aromatic N) is 2. The number of aliphatic hydroxyl groups is 1. The van der Waals surface area contributed by atoms with Gasteiger partial charge >= 0.3 is 0 Å². The Balaban J connectivity index is 1.61. The number of rotatable bonds is 5. The Morgan fingerprint density at radius 1 is 1.00 bits per heavy atom. The minimum atomic E-state index is -0.893. The first kappa shape index (κ1) is 22.3. The molecule has 1 unspecified atom stereocenters. The highest BCUT2D eigenvalue weighted by Crippen LogP contribution is 2.44. The SMILES string of the molecule is O=C(/C=C/c1ccccc1)C1=C(O)C(=O)N(c2nc3ccc(Cl)cc3s2)C1c1cccc(Cl)c1. The topological polar surface area (TPSA) is 70.5 Å². The van der Waals surface area contributed by atoms with Gasteiger partial charge in [-0.25, -0.2) is 4.98 Å². The normalized spacial score (nSPS) is 16.2. The van der Waals surface area contributed by atoms with E-state index in [9.17, 15) is 14.7 Å². The average Bonchev–Trinajstić information content (AvgIpc) is 3.36. The molecule has 8 heteroatoms. The quantitative estimate of drug-likeness (QED) is 0.302. The number of aliphatic hydroxyl groups excluding tert-OH is 1. The van der Waals surface area contributed by atoms with E-state index in [4.69, 9.17) is 23.2 Å². The summed E-state index contributed by atoms with van der Waals surface area (Å²) in [5.74, 6) is -1.79. The van der Waals surface area contributed by atoms with Crippen LogP contribution in [0.5, 0.6) is 0 Å². The van der Waals surface area contributed by atoms with E-state index in [-0.39, 0.29) is 5.57 Å². The molecule has 1 aliphatic heterocycles. The molecule has 0 aliphatic carbocycles. The summed E-state index contributed by atoms with van der Waals surface area (Å²) in [5.41, 5.74) is 2.03. The van der Waals surface area contributed by atoms with Crippen LogP contribution in [0.4, 0.5) is 5.13 Å². The van der Waals surface area contributed by atoms with Crippen molar-refractivity contribution in [3.8, 4) is 0 Å². The van der Waals surface area contributed by atoms with Gasteiger partial charge in [0, 0.05) is 10.0 Å². The molecular formula is C26H16Cl2N2O3S. The van der Waals surface area contributed by atoms with E-state index in [1.54, 1.807) is 48.5 Å². The number of ketones is 1. The van der Waals surface area contributed by atoms with E-state index in [2.05, 4.69) is 4.98 Å². The summed E-state index contributed by atoms with van der Waals surface area (Å²) in [6.07, 6.45) is 3.00. The van der Waals surface area contributed by atoms with Crippen LogP contribution in [0.3, 0.4) is 0 Å². The number of carbonyl (C=O) groups excluding carboxylic acids is 2. The third-order valence-electron chi connectivity index (χ3n) is 5.41. The molecule has 4 aromatic rings. The number of anilines is 1. The molecule has 1 N–H and O–H groups in total. The largest absolute Gasteiger partial charge is 0.503 e. The number of hydrogen-bond donors (Lipinski definition) is 1. The molecule has 1 aromatic heterocycles. The van der Waals surface area contributed by atoms with E-state index < -0.39 is 23.5 Å². The Morgan fingerprint density at radius 3 is 2.53 bits per heavy atom. The van der Waals surface area contributed by atoms with Crippen LogP contribution in [0.2, 0.25) is 10.0 Å².